The highest BCUT2D eigenvalue weighted by molar-refractivity contribution is 9.11. The van der Waals surface area contributed by atoms with E-state index in [9.17, 15) is 17.8 Å². The van der Waals surface area contributed by atoms with Crippen molar-refractivity contribution in [2.75, 3.05) is 5.75 Å². The third-order valence-corrected chi connectivity index (χ3v) is 12.4. The maximum Gasteiger partial charge on any atom is 0.166 e. The normalized spacial score (nSPS) is 22.1. The lowest BCUT2D eigenvalue weighted by atomic mass is 9.70. The molecule has 3 aromatic rings. The molecule has 0 aromatic heterocycles. The number of rotatable bonds is 5. The minimum absolute atomic E-state index is 0.0248. The summed E-state index contributed by atoms with van der Waals surface area (Å²) in [5.41, 5.74) is -1.22. The second-order valence-corrected chi connectivity index (χ2v) is 16.2. The molecule has 2 bridgehead atoms. The smallest absolute Gasteiger partial charge is 0.166 e. The van der Waals surface area contributed by atoms with E-state index in [2.05, 4.69) is 121 Å². The van der Waals surface area contributed by atoms with Gasteiger partial charge < -0.3 is 4.55 Å². The highest BCUT2D eigenvalue weighted by Crippen LogP contribution is 2.64. The quantitative estimate of drug-likeness (QED) is 0.197. The molecule has 2 saturated carbocycles. The number of halogens is 3. The molecule has 0 heterocycles. The SMILES string of the molecule is Brc1ccc([S+](c2ccc(Br)cc2)c2ccc(Br)cc2)cc1.CC1(C)C2CCC1(CS(=O)(=O)[O-])C(=O)C2. The summed E-state index contributed by atoms with van der Waals surface area (Å²) < 4.78 is 36.0. The Morgan fingerprint density at radius 2 is 1.19 bits per heavy atom. The summed E-state index contributed by atoms with van der Waals surface area (Å²) in [6.45, 7) is 3.83. The van der Waals surface area contributed by atoms with Crippen LogP contribution in [0.25, 0.3) is 0 Å². The van der Waals surface area contributed by atoms with Crippen molar-refractivity contribution in [2.24, 2.45) is 16.7 Å². The fourth-order valence-corrected chi connectivity index (χ4v) is 9.65. The molecule has 2 unspecified atom stereocenters. The first-order chi connectivity index (χ1) is 17.3. The molecule has 3 aromatic carbocycles. The summed E-state index contributed by atoms with van der Waals surface area (Å²) in [7, 11) is -4.43. The van der Waals surface area contributed by atoms with E-state index in [1.165, 1.54) is 14.7 Å². The number of hydrogen-bond donors (Lipinski definition) is 0. The number of carbonyl (C=O) groups excluding carboxylic acids is 1. The molecular formula is C28H27Br3O4S2. The minimum atomic E-state index is -4.33. The molecule has 0 saturated heterocycles. The Kier molecular flexibility index (Phi) is 8.83. The van der Waals surface area contributed by atoms with Crippen molar-refractivity contribution in [2.45, 2.75) is 47.8 Å². The fraction of sp³-hybridized carbons (Fsp3) is 0.321. The Morgan fingerprint density at radius 3 is 1.46 bits per heavy atom. The van der Waals surface area contributed by atoms with Crippen LogP contribution in [0.2, 0.25) is 0 Å². The summed E-state index contributed by atoms with van der Waals surface area (Å²) in [6, 6.07) is 25.8. The molecule has 0 radical (unpaired) electrons. The van der Waals surface area contributed by atoms with Crippen molar-refractivity contribution in [3.05, 3.63) is 86.2 Å². The Balaban J connectivity index is 0.000000186. The average Bonchev–Trinajstić information content (AvgIpc) is 3.16. The van der Waals surface area contributed by atoms with E-state index in [1.54, 1.807) is 0 Å². The maximum atomic E-state index is 11.8. The summed E-state index contributed by atoms with van der Waals surface area (Å²) in [6.07, 6.45) is 1.88. The van der Waals surface area contributed by atoms with Crippen LogP contribution in [0.5, 0.6) is 0 Å². The summed E-state index contributed by atoms with van der Waals surface area (Å²) in [4.78, 5) is 15.8. The summed E-state index contributed by atoms with van der Waals surface area (Å²) in [5.74, 6) is -0.280. The third kappa shape index (κ3) is 6.28. The van der Waals surface area contributed by atoms with Crippen LogP contribution in [0, 0.1) is 16.7 Å². The lowest BCUT2D eigenvalue weighted by Crippen LogP contribution is -2.42. The lowest BCUT2D eigenvalue weighted by molar-refractivity contribution is -0.128. The van der Waals surface area contributed by atoms with Gasteiger partial charge in [0.25, 0.3) is 0 Å². The standard InChI is InChI=1S/C18H12Br3S.C10H16O4S/c19-13-1-7-16(8-2-13)22(17-9-3-14(20)4-10-17)18-11-5-15(21)6-12-18;1-9(2)7-3-4-10(9,8(11)5-7)6-15(12,13)14/h1-12H;7H,3-6H2,1-2H3,(H,12,13,14)/q+1;/p-1. The van der Waals surface area contributed by atoms with Gasteiger partial charge in [-0.15, -0.1) is 0 Å². The second kappa shape index (κ2) is 11.3. The van der Waals surface area contributed by atoms with Gasteiger partial charge >= 0.3 is 0 Å². The number of hydrogen-bond acceptors (Lipinski definition) is 4. The predicted octanol–water partition coefficient (Wildman–Crippen LogP) is 8.00. The predicted molar refractivity (Wildman–Crippen MR) is 158 cm³/mol. The molecule has 0 aliphatic heterocycles. The zero-order valence-electron chi connectivity index (χ0n) is 20.4. The molecule has 2 aliphatic rings. The minimum Gasteiger partial charge on any atom is -0.748 e. The number of fused-ring (bicyclic) bond motifs is 2. The lowest BCUT2D eigenvalue weighted by Gasteiger charge is -2.37. The van der Waals surface area contributed by atoms with Crippen molar-refractivity contribution in [3.8, 4) is 0 Å². The Morgan fingerprint density at radius 1 is 0.811 bits per heavy atom. The zero-order chi connectivity index (χ0) is 27.0. The van der Waals surface area contributed by atoms with Crippen LogP contribution in [0.1, 0.15) is 33.1 Å². The van der Waals surface area contributed by atoms with Crippen LogP contribution in [-0.2, 0) is 25.8 Å². The van der Waals surface area contributed by atoms with Crippen molar-refractivity contribution >= 4 is 74.6 Å². The monoisotopic (exact) mass is 728 g/mol. The van der Waals surface area contributed by atoms with E-state index >= 15 is 0 Å². The zero-order valence-corrected chi connectivity index (χ0v) is 26.8. The number of benzene rings is 3. The molecule has 0 N–H and O–H groups in total. The molecule has 4 nitrogen and oxygen atoms in total. The van der Waals surface area contributed by atoms with Gasteiger partial charge in [-0.2, -0.15) is 0 Å². The van der Waals surface area contributed by atoms with Crippen LogP contribution in [0.15, 0.2) is 101 Å². The summed E-state index contributed by atoms with van der Waals surface area (Å²) >= 11 is 10.6. The Bertz CT molecular complexity index is 1260. The van der Waals surface area contributed by atoms with Crippen LogP contribution in [-0.4, -0.2) is 24.5 Å². The van der Waals surface area contributed by atoms with Gasteiger partial charge in [0.15, 0.2) is 14.7 Å². The Hall–Kier alpha value is -0.970. The van der Waals surface area contributed by atoms with Crippen LogP contribution >= 0.6 is 47.8 Å². The van der Waals surface area contributed by atoms with Gasteiger partial charge in [-0.1, -0.05) is 61.6 Å². The number of ketones is 1. The van der Waals surface area contributed by atoms with E-state index in [-0.39, 0.29) is 28.0 Å². The van der Waals surface area contributed by atoms with Gasteiger partial charge in [0.2, 0.25) is 0 Å². The van der Waals surface area contributed by atoms with Crippen LogP contribution in [0.4, 0.5) is 0 Å². The van der Waals surface area contributed by atoms with Gasteiger partial charge in [-0.05, 0) is 97.0 Å². The summed E-state index contributed by atoms with van der Waals surface area (Å²) in [5, 5.41) is 0. The van der Waals surface area contributed by atoms with Crippen LogP contribution < -0.4 is 0 Å². The van der Waals surface area contributed by atoms with Gasteiger partial charge in [0.1, 0.15) is 5.78 Å². The van der Waals surface area contributed by atoms with E-state index in [4.69, 9.17) is 0 Å². The highest BCUT2D eigenvalue weighted by atomic mass is 79.9. The first-order valence-electron chi connectivity index (χ1n) is 11.8. The maximum absolute atomic E-state index is 11.8. The van der Waals surface area contributed by atoms with Crippen molar-refractivity contribution < 1.29 is 17.8 Å². The second-order valence-electron chi connectivity index (χ2n) is 10.0. The third-order valence-electron chi connectivity index (χ3n) is 7.71. The van der Waals surface area contributed by atoms with Crippen molar-refractivity contribution in [1.29, 1.82) is 0 Å². The van der Waals surface area contributed by atoms with E-state index < -0.39 is 21.3 Å². The molecule has 2 fully saturated rings. The molecule has 0 spiro atoms. The average molecular weight is 731 g/mol. The molecular weight excluding hydrogens is 704 g/mol. The van der Waals surface area contributed by atoms with Crippen molar-refractivity contribution in [1.82, 2.24) is 0 Å². The number of Topliss-reactive ketones (excluding diaryl/α,β-unsaturated/α-hetero) is 1. The van der Waals surface area contributed by atoms with Gasteiger partial charge in [0.05, 0.1) is 26.8 Å². The first-order valence-corrected chi connectivity index (χ1v) is 17.0. The molecule has 2 atom stereocenters. The van der Waals surface area contributed by atoms with E-state index in [0.29, 0.717) is 12.8 Å². The van der Waals surface area contributed by atoms with Gasteiger partial charge in [-0.25, -0.2) is 8.42 Å². The fourth-order valence-electron chi connectivity index (χ4n) is 5.53. The highest BCUT2D eigenvalue weighted by Gasteiger charge is 2.64. The van der Waals surface area contributed by atoms with E-state index in [0.717, 1.165) is 19.8 Å². The van der Waals surface area contributed by atoms with E-state index in [1.807, 2.05) is 13.8 Å². The topological polar surface area (TPSA) is 74.3 Å². The molecule has 196 valence electrons. The van der Waals surface area contributed by atoms with Crippen molar-refractivity contribution in [3.63, 3.8) is 0 Å². The molecule has 2 aliphatic carbocycles. The first kappa shape index (κ1) is 29.0. The molecule has 0 amide bonds. The van der Waals surface area contributed by atoms with Gasteiger partial charge in [-0.3, -0.25) is 4.79 Å². The van der Waals surface area contributed by atoms with Gasteiger partial charge in [0, 0.05) is 25.3 Å². The Labute approximate surface area is 247 Å². The number of carbonyl (C=O) groups is 1. The molecule has 5 rings (SSSR count). The van der Waals surface area contributed by atoms with Crippen LogP contribution in [0.3, 0.4) is 0 Å². The molecule has 37 heavy (non-hydrogen) atoms. The molecule has 9 heteroatoms. The largest absolute Gasteiger partial charge is 0.748 e.